The molecule has 0 radical (unpaired) electrons. The molecule has 2 aliphatic rings. The molecule has 0 aliphatic heterocycles. The molecular formula is C10H19N. The molecule has 0 aromatic heterocycles. The molecule has 2 fully saturated rings. The van der Waals surface area contributed by atoms with Crippen molar-refractivity contribution in [2.45, 2.75) is 20.3 Å². The van der Waals surface area contributed by atoms with E-state index in [1.807, 2.05) is 0 Å². The zero-order chi connectivity index (χ0) is 8.01. The van der Waals surface area contributed by atoms with Crippen LogP contribution in [0.3, 0.4) is 0 Å². The van der Waals surface area contributed by atoms with Gasteiger partial charge < -0.3 is 4.90 Å². The van der Waals surface area contributed by atoms with E-state index in [-0.39, 0.29) is 0 Å². The van der Waals surface area contributed by atoms with Crippen LogP contribution >= 0.6 is 0 Å². The molecule has 0 bridgehead atoms. The number of nitrogens with zero attached hydrogens (tertiary/aromatic N) is 1. The van der Waals surface area contributed by atoms with E-state index in [9.17, 15) is 0 Å². The molecular weight excluding hydrogens is 134 g/mol. The molecule has 2 aliphatic carbocycles. The Morgan fingerprint density at radius 3 is 2.55 bits per heavy atom. The van der Waals surface area contributed by atoms with Gasteiger partial charge in [0.05, 0.1) is 0 Å². The summed E-state index contributed by atoms with van der Waals surface area (Å²) in [6.45, 7) is 7.22. The fourth-order valence-corrected chi connectivity index (χ4v) is 2.77. The van der Waals surface area contributed by atoms with Gasteiger partial charge in [0.25, 0.3) is 0 Å². The Balaban J connectivity index is 1.74. The Morgan fingerprint density at radius 2 is 2.18 bits per heavy atom. The Hall–Kier alpha value is -0.0400. The van der Waals surface area contributed by atoms with Gasteiger partial charge in [-0.2, -0.15) is 0 Å². The monoisotopic (exact) mass is 153 g/mol. The summed E-state index contributed by atoms with van der Waals surface area (Å²) in [7, 11) is 2.24. The van der Waals surface area contributed by atoms with Crippen LogP contribution in [-0.4, -0.2) is 25.0 Å². The molecule has 11 heavy (non-hydrogen) atoms. The van der Waals surface area contributed by atoms with E-state index in [0.717, 1.165) is 23.7 Å². The SMILES string of the molecule is CCN(C)C[C@H]1CC2C(C)[C@@H]21. The Labute approximate surface area is 69.8 Å². The van der Waals surface area contributed by atoms with Crippen molar-refractivity contribution in [2.24, 2.45) is 23.7 Å². The number of hydrogen-bond acceptors (Lipinski definition) is 1. The fourth-order valence-electron chi connectivity index (χ4n) is 2.77. The van der Waals surface area contributed by atoms with Crippen molar-refractivity contribution in [3.05, 3.63) is 0 Å². The van der Waals surface area contributed by atoms with Gasteiger partial charge in [0.2, 0.25) is 0 Å². The van der Waals surface area contributed by atoms with Crippen LogP contribution < -0.4 is 0 Å². The summed E-state index contributed by atoms with van der Waals surface area (Å²) in [5.41, 5.74) is 0. The van der Waals surface area contributed by atoms with E-state index in [0.29, 0.717) is 0 Å². The van der Waals surface area contributed by atoms with E-state index < -0.39 is 0 Å². The number of rotatable bonds is 3. The second-order valence-corrected chi connectivity index (χ2v) is 4.45. The average molecular weight is 153 g/mol. The summed E-state index contributed by atoms with van der Waals surface area (Å²) in [5.74, 6) is 4.40. The summed E-state index contributed by atoms with van der Waals surface area (Å²) < 4.78 is 0. The maximum absolute atomic E-state index is 2.45. The van der Waals surface area contributed by atoms with Crippen LogP contribution in [0.1, 0.15) is 20.3 Å². The highest BCUT2D eigenvalue weighted by Crippen LogP contribution is 2.64. The standard InChI is InChI=1S/C10H19N/c1-4-11(3)6-8-5-9-7(2)10(8)9/h7-10H,4-6H2,1-3H3/t7?,8-,9?,10-/m1/s1. The molecule has 0 aromatic rings. The molecule has 0 N–H and O–H groups in total. The molecule has 64 valence electrons. The zero-order valence-corrected chi connectivity index (χ0v) is 7.88. The summed E-state index contributed by atoms with van der Waals surface area (Å²) in [4.78, 5) is 2.45. The quantitative estimate of drug-likeness (QED) is 0.598. The van der Waals surface area contributed by atoms with E-state index in [4.69, 9.17) is 0 Å². The normalized spacial score (nSPS) is 46.9. The first kappa shape index (κ1) is 7.60. The minimum absolute atomic E-state index is 1.06. The van der Waals surface area contributed by atoms with E-state index >= 15 is 0 Å². The van der Waals surface area contributed by atoms with E-state index in [2.05, 4.69) is 25.8 Å². The lowest BCUT2D eigenvalue weighted by Gasteiger charge is -2.28. The number of hydrogen-bond donors (Lipinski definition) is 0. The average Bonchev–Trinajstić information content (AvgIpc) is 2.47. The molecule has 2 unspecified atom stereocenters. The van der Waals surface area contributed by atoms with Gasteiger partial charge in [-0.15, -0.1) is 0 Å². The molecule has 0 aromatic carbocycles. The lowest BCUT2D eigenvalue weighted by Crippen LogP contribution is -2.31. The van der Waals surface area contributed by atoms with Gasteiger partial charge in [0, 0.05) is 6.54 Å². The van der Waals surface area contributed by atoms with Crippen molar-refractivity contribution in [1.29, 1.82) is 0 Å². The zero-order valence-electron chi connectivity index (χ0n) is 7.88. The second kappa shape index (κ2) is 2.48. The highest BCUT2D eigenvalue weighted by molar-refractivity contribution is 5.08. The van der Waals surface area contributed by atoms with Gasteiger partial charge in [-0.1, -0.05) is 13.8 Å². The van der Waals surface area contributed by atoms with Crippen LogP contribution in [0.5, 0.6) is 0 Å². The van der Waals surface area contributed by atoms with Gasteiger partial charge in [-0.3, -0.25) is 0 Å². The minimum atomic E-state index is 1.06. The van der Waals surface area contributed by atoms with Gasteiger partial charge in [0.15, 0.2) is 0 Å². The smallest absolute Gasteiger partial charge is 0.000945 e. The van der Waals surface area contributed by atoms with Crippen molar-refractivity contribution in [2.75, 3.05) is 20.1 Å². The van der Waals surface area contributed by atoms with E-state index in [1.54, 1.807) is 0 Å². The molecule has 1 heteroatoms. The summed E-state index contributed by atoms with van der Waals surface area (Å²) >= 11 is 0. The van der Waals surface area contributed by atoms with Gasteiger partial charge >= 0.3 is 0 Å². The van der Waals surface area contributed by atoms with Crippen molar-refractivity contribution in [3.63, 3.8) is 0 Å². The summed E-state index contributed by atoms with van der Waals surface area (Å²) in [6, 6.07) is 0. The number of fused-ring (bicyclic) bond motifs is 1. The van der Waals surface area contributed by atoms with Crippen molar-refractivity contribution in [1.82, 2.24) is 4.90 Å². The molecule has 0 saturated heterocycles. The molecule has 0 amide bonds. The first-order valence-electron chi connectivity index (χ1n) is 4.92. The van der Waals surface area contributed by atoms with Crippen LogP contribution in [-0.2, 0) is 0 Å². The van der Waals surface area contributed by atoms with Gasteiger partial charge in [0.1, 0.15) is 0 Å². The van der Waals surface area contributed by atoms with Crippen molar-refractivity contribution >= 4 is 0 Å². The predicted octanol–water partition coefficient (Wildman–Crippen LogP) is 1.84. The lowest BCUT2D eigenvalue weighted by atomic mass is 9.85. The second-order valence-electron chi connectivity index (χ2n) is 4.45. The summed E-state index contributed by atoms with van der Waals surface area (Å²) in [5, 5.41) is 0. The first-order valence-corrected chi connectivity index (χ1v) is 4.92. The predicted molar refractivity (Wildman–Crippen MR) is 47.4 cm³/mol. The third kappa shape index (κ3) is 1.10. The van der Waals surface area contributed by atoms with Crippen molar-refractivity contribution < 1.29 is 0 Å². The van der Waals surface area contributed by atoms with Crippen LogP contribution in [0, 0.1) is 23.7 Å². The Bertz CT molecular complexity index is 151. The maximum Gasteiger partial charge on any atom is 0.000945 e. The van der Waals surface area contributed by atoms with Gasteiger partial charge in [-0.25, -0.2) is 0 Å². The highest BCUT2D eigenvalue weighted by Gasteiger charge is 2.59. The third-order valence-electron chi connectivity index (χ3n) is 3.84. The lowest BCUT2D eigenvalue weighted by molar-refractivity contribution is 0.196. The van der Waals surface area contributed by atoms with Gasteiger partial charge in [-0.05, 0) is 43.7 Å². The molecule has 0 heterocycles. The summed E-state index contributed by atoms with van der Waals surface area (Å²) in [6.07, 6.45) is 1.52. The van der Waals surface area contributed by atoms with Crippen molar-refractivity contribution in [3.8, 4) is 0 Å². The van der Waals surface area contributed by atoms with Crippen LogP contribution in [0.4, 0.5) is 0 Å². The van der Waals surface area contributed by atoms with Crippen LogP contribution in [0.2, 0.25) is 0 Å². The Morgan fingerprint density at radius 1 is 1.45 bits per heavy atom. The van der Waals surface area contributed by atoms with Crippen LogP contribution in [0.15, 0.2) is 0 Å². The maximum atomic E-state index is 2.45. The highest BCUT2D eigenvalue weighted by atomic mass is 15.1. The fraction of sp³-hybridized carbons (Fsp3) is 1.00. The van der Waals surface area contributed by atoms with Crippen LogP contribution in [0.25, 0.3) is 0 Å². The molecule has 2 rings (SSSR count). The Kier molecular flexibility index (Phi) is 1.71. The third-order valence-corrected chi connectivity index (χ3v) is 3.84. The molecule has 2 saturated carbocycles. The minimum Gasteiger partial charge on any atom is -0.306 e. The molecule has 0 spiro atoms. The molecule has 4 atom stereocenters. The topological polar surface area (TPSA) is 3.24 Å². The van der Waals surface area contributed by atoms with E-state index in [1.165, 1.54) is 19.5 Å². The molecule has 1 nitrogen and oxygen atoms in total. The first-order chi connectivity index (χ1) is 5.24. The largest absolute Gasteiger partial charge is 0.306 e.